The van der Waals surface area contributed by atoms with Gasteiger partial charge in [0.25, 0.3) is 0 Å². The van der Waals surface area contributed by atoms with Gasteiger partial charge in [-0.15, -0.1) is 0 Å². The van der Waals surface area contributed by atoms with Gasteiger partial charge in [0.2, 0.25) is 0 Å². The number of aromatic nitrogens is 2. The Morgan fingerprint density at radius 2 is 2.05 bits per heavy atom. The zero-order valence-corrected chi connectivity index (χ0v) is 11.2. The van der Waals surface area contributed by atoms with E-state index in [9.17, 15) is 0 Å². The number of nitrogen functional groups attached to an aromatic ring is 1. The molecule has 98 valence electrons. The second-order valence-electron chi connectivity index (χ2n) is 4.71. The fourth-order valence-electron chi connectivity index (χ4n) is 2.62. The molecule has 1 saturated heterocycles. The van der Waals surface area contributed by atoms with E-state index in [2.05, 4.69) is 27.0 Å². The van der Waals surface area contributed by atoms with Gasteiger partial charge in [-0.25, -0.2) is 4.98 Å². The molecule has 3 heterocycles. The molecule has 0 aromatic carbocycles. The van der Waals surface area contributed by atoms with Crippen LogP contribution in [0.25, 0.3) is 0 Å². The van der Waals surface area contributed by atoms with Crippen molar-refractivity contribution in [2.24, 2.45) is 0 Å². The molecular weight excluding hydrogens is 260 g/mol. The second kappa shape index (κ2) is 5.05. The Hall–Kier alpha value is -1.81. The van der Waals surface area contributed by atoms with Crippen LogP contribution < -0.4 is 10.6 Å². The van der Waals surface area contributed by atoms with Gasteiger partial charge in [0.15, 0.2) is 0 Å². The maximum atomic E-state index is 5.99. The Bertz CT molecular complexity index is 553. The number of nitrogens with two attached hydrogens (primary N) is 1. The molecule has 19 heavy (non-hydrogen) atoms. The molecule has 0 spiro atoms. The quantitative estimate of drug-likeness (QED) is 0.855. The monoisotopic (exact) mass is 274 g/mol. The number of halogens is 1. The number of rotatable bonds is 2. The van der Waals surface area contributed by atoms with E-state index < -0.39 is 0 Å². The third-order valence-electron chi connectivity index (χ3n) is 3.44. The number of hydrogen-bond acceptors (Lipinski definition) is 4. The summed E-state index contributed by atoms with van der Waals surface area (Å²) in [6.07, 6.45) is 5.90. The molecule has 3 rings (SSSR count). The van der Waals surface area contributed by atoms with Gasteiger partial charge < -0.3 is 10.6 Å². The summed E-state index contributed by atoms with van der Waals surface area (Å²) in [5, 5.41) is 0.440. The van der Waals surface area contributed by atoms with E-state index in [1.165, 1.54) is 5.56 Å². The maximum absolute atomic E-state index is 5.99. The molecule has 2 aromatic heterocycles. The molecule has 0 radical (unpaired) electrons. The van der Waals surface area contributed by atoms with Crippen LogP contribution in [0.2, 0.25) is 5.15 Å². The molecule has 1 fully saturated rings. The first-order valence-electron chi connectivity index (χ1n) is 6.33. The molecule has 1 unspecified atom stereocenters. The van der Waals surface area contributed by atoms with Crippen molar-refractivity contribution in [1.82, 2.24) is 9.97 Å². The zero-order chi connectivity index (χ0) is 13.2. The molecule has 2 aromatic rings. The Kier molecular flexibility index (Phi) is 3.25. The molecule has 0 saturated carbocycles. The normalized spacial score (nSPS) is 18.8. The minimum atomic E-state index is 0.327. The summed E-state index contributed by atoms with van der Waals surface area (Å²) >= 11 is 5.99. The van der Waals surface area contributed by atoms with Crippen LogP contribution in [-0.2, 0) is 0 Å². The Morgan fingerprint density at radius 3 is 2.79 bits per heavy atom. The van der Waals surface area contributed by atoms with Gasteiger partial charge in [-0.1, -0.05) is 11.6 Å². The van der Waals surface area contributed by atoms with Crippen molar-refractivity contribution in [3.05, 3.63) is 47.4 Å². The lowest BCUT2D eigenvalue weighted by Gasteiger charge is -2.26. The van der Waals surface area contributed by atoms with Crippen LogP contribution in [0.15, 0.2) is 36.7 Å². The SMILES string of the molecule is Nc1cc(Cl)nc(N2CCCC2c2ccncc2)c1. The molecule has 1 aliphatic rings. The lowest BCUT2D eigenvalue weighted by atomic mass is 10.1. The average molecular weight is 275 g/mol. The van der Waals surface area contributed by atoms with Crippen molar-refractivity contribution in [3.8, 4) is 0 Å². The predicted molar refractivity (Wildman–Crippen MR) is 77.2 cm³/mol. The van der Waals surface area contributed by atoms with E-state index in [0.717, 1.165) is 25.2 Å². The van der Waals surface area contributed by atoms with Crippen molar-refractivity contribution in [2.75, 3.05) is 17.2 Å². The van der Waals surface area contributed by atoms with Crippen LogP contribution in [0.4, 0.5) is 11.5 Å². The molecule has 0 bridgehead atoms. The first kappa shape index (κ1) is 12.2. The number of hydrogen-bond donors (Lipinski definition) is 1. The van der Waals surface area contributed by atoms with Gasteiger partial charge in [-0.2, -0.15) is 0 Å². The second-order valence-corrected chi connectivity index (χ2v) is 5.10. The highest BCUT2D eigenvalue weighted by molar-refractivity contribution is 6.29. The smallest absolute Gasteiger partial charge is 0.133 e. The van der Waals surface area contributed by atoms with Crippen molar-refractivity contribution < 1.29 is 0 Å². The lowest BCUT2D eigenvalue weighted by molar-refractivity contribution is 0.710. The minimum absolute atomic E-state index is 0.327. The van der Waals surface area contributed by atoms with Crippen LogP contribution in [-0.4, -0.2) is 16.5 Å². The summed E-state index contributed by atoms with van der Waals surface area (Å²) in [6, 6.07) is 7.98. The molecule has 2 N–H and O–H groups in total. The van der Waals surface area contributed by atoms with E-state index in [1.54, 1.807) is 6.07 Å². The Balaban J connectivity index is 1.95. The van der Waals surface area contributed by atoms with Crippen LogP contribution >= 0.6 is 11.6 Å². The molecule has 4 nitrogen and oxygen atoms in total. The van der Waals surface area contributed by atoms with Gasteiger partial charge >= 0.3 is 0 Å². The van der Waals surface area contributed by atoms with Crippen molar-refractivity contribution >= 4 is 23.1 Å². The van der Waals surface area contributed by atoms with E-state index in [1.807, 2.05) is 18.5 Å². The summed E-state index contributed by atoms with van der Waals surface area (Å²) in [4.78, 5) is 10.7. The van der Waals surface area contributed by atoms with Crippen LogP contribution in [0, 0.1) is 0 Å². The molecule has 1 aliphatic heterocycles. The number of nitrogens with zero attached hydrogens (tertiary/aromatic N) is 3. The van der Waals surface area contributed by atoms with Gasteiger partial charge in [0.1, 0.15) is 11.0 Å². The van der Waals surface area contributed by atoms with E-state index >= 15 is 0 Å². The minimum Gasteiger partial charge on any atom is -0.399 e. The lowest BCUT2D eigenvalue weighted by Crippen LogP contribution is -2.23. The number of pyridine rings is 2. The predicted octanol–water partition coefficient (Wildman–Crippen LogP) is 3.05. The van der Waals surface area contributed by atoms with Crippen LogP contribution in [0.5, 0.6) is 0 Å². The van der Waals surface area contributed by atoms with E-state index in [-0.39, 0.29) is 0 Å². The third kappa shape index (κ3) is 2.49. The van der Waals surface area contributed by atoms with Gasteiger partial charge in [0.05, 0.1) is 6.04 Å². The standard InChI is InChI=1S/C14H15ClN4/c15-13-8-11(16)9-14(18-13)19-7-1-2-12(19)10-3-5-17-6-4-10/h3-6,8-9,12H,1-2,7H2,(H2,16,18). The molecule has 5 heteroatoms. The number of anilines is 2. The van der Waals surface area contributed by atoms with Crippen LogP contribution in [0.1, 0.15) is 24.4 Å². The van der Waals surface area contributed by atoms with Crippen molar-refractivity contribution in [3.63, 3.8) is 0 Å². The van der Waals surface area contributed by atoms with Gasteiger partial charge in [0, 0.05) is 30.7 Å². The Labute approximate surface area is 117 Å². The first-order valence-corrected chi connectivity index (χ1v) is 6.71. The van der Waals surface area contributed by atoms with Gasteiger partial charge in [-0.05, 0) is 36.6 Å². The highest BCUT2D eigenvalue weighted by atomic mass is 35.5. The fraction of sp³-hybridized carbons (Fsp3) is 0.286. The van der Waals surface area contributed by atoms with E-state index in [0.29, 0.717) is 16.9 Å². The van der Waals surface area contributed by atoms with Crippen molar-refractivity contribution in [2.45, 2.75) is 18.9 Å². The topological polar surface area (TPSA) is 55.0 Å². The maximum Gasteiger partial charge on any atom is 0.133 e. The van der Waals surface area contributed by atoms with E-state index in [4.69, 9.17) is 17.3 Å². The zero-order valence-electron chi connectivity index (χ0n) is 10.5. The Morgan fingerprint density at radius 1 is 1.26 bits per heavy atom. The molecular formula is C14H15ClN4. The first-order chi connectivity index (χ1) is 9.24. The summed E-state index contributed by atoms with van der Waals surface area (Å²) in [7, 11) is 0. The summed E-state index contributed by atoms with van der Waals surface area (Å²) < 4.78 is 0. The molecule has 1 atom stereocenters. The van der Waals surface area contributed by atoms with Crippen molar-refractivity contribution in [1.29, 1.82) is 0 Å². The largest absolute Gasteiger partial charge is 0.399 e. The molecule has 0 amide bonds. The highest BCUT2D eigenvalue weighted by Crippen LogP contribution is 2.36. The van der Waals surface area contributed by atoms with Gasteiger partial charge in [-0.3, -0.25) is 4.98 Å². The average Bonchev–Trinajstić information content (AvgIpc) is 2.88. The summed E-state index contributed by atoms with van der Waals surface area (Å²) in [6.45, 7) is 0.972. The summed E-state index contributed by atoms with van der Waals surface area (Å²) in [5.41, 5.74) is 7.76. The fourth-order valence-corrected chi connectivity index (χ4v) is 2.84. The summed E-state index contributed by atoms with van der Waals surface area (Å²) in [5.74, 6) is 0.851. The third-order valence-corrected chi connectivity index (χ3v) is 3.63. The van der Waals surface area contributed by atoms with Crippen LogP contribution in [0.3, 0.4) is 0 Å². The molecule has 0 aliphatic carbocycles. The highest BCUT2D eigenvalue weighted by Gasteiger charge is 2.27.